The van der Waals surface area contributed by atoms with Gasteiger partial charge in [0.05, 0.1) is 11.8 Å². The van der Waals surface area contributed by atoms with Crippen molar-refractivity contribution < 1.29 is 18.0 Å². The first-order chi connectivity index (χ1) is 20.0. The number of benzene rings is 2. The maximum Gasteiger partial charge on any atom is 0.416 e. The molecule has 1 aliphatic heterocycles. The molecule has 2 aromatic carbocycles. The fraction of sp³-hybridized carbons (Fsp3) is 0.333. The summed E-state index contributed by atoms with van der Waals surface area (Å²) in [5.41, 5.74) is 4.09. The summed E-state index contributed by atoms with van der Waals surface area (Å²) in [6, 6.07) is 13.1. The molecule has 9 heteroatoms. The standard InChI is InChI=1S/C33H34F3N5O/c1-22(2)29-6-5-13-41-28(20-37-31(29)41)12-10-24-18-25(8-7-23(24)3)32(42)38-27-11-9-26(30(19-27)33(34,35)36)21-40-16-14-39(4)15-17-40/h5-9,11,13,18-20,22H,14-17,21H2,1-4H3,(H,38,42). The molecule has 1 amide bonds. The van der Waals surface area contributed by atoms with E-state index in [0.717, 1.165) is 41.6 Å². The van der Waals surface area contributed by atoms with E-state index < -0.39 is 17.6 Å². The number of hydrogen-bond donors (Lipinski definition) is 1. The number of nitrogens with zero attached hydrogens (tertiary/aromatic N) is 4. The third-order valence-corrected chi connectivity index (χ3v) is 7.68. The summed E-state index contributed by atoms with van der Waals surface area (Å²) in [7, 11) is 2.00. The van der Waals surface area contributed by atoms with E-state index in [1.165, 1.54) is 12.1 Å². The second-order valence-electron chi connectivity index (χ2n) is 11.1. The third-order valence-electron chi connectivity index (χ3n) is 7.68. The molecule has 1 N–H and O–H groups in total. The van der Waals surface area contributed by atoms with Crippen LogP contribution >= 0.6 is 0 Å². The minimum absolute atomic E-state index is 0.0920. The number of aromatic nitrogens is 2. The zero-order valence-electron chi connectivity index (χ0n) is 24.2. The Balaban J connectivity index is 1.36. The minimum Gasteiger partial charge on any atom is -0.322 e. The predicted octanol–water partition coefficient (Wildman–Crippen LogP) is 6.18. The van der Waals surface area contributed by atoms with Gasteiger partial charge in [-0.25, -0.2) is 4.98 Å². The molecule has 0 aliphatic carbocycles. The number of anilines is 1. The highest BCUT2D eigenvalue weighted by Crippen LogP contribution is 2.35. The quantitative estimate of drug-likeness (QED) is 0.290. The zero-order valence-corrected chi connectivity index (χ0v) is 24.2. The maximum absolute atomic E-state index is 14.0. The highest BCUT2D eigenvalue weighted by molar-refractivity contribution is 6.04. The Morgan fingerprint density at radius 2 is 1.81 bits per heavy atom. The molecule has 5 rings (SSSR count). The molecule has 0 radical (unpaired) electrons. The second-order valence-corrected chi connectivity index (χ2v) is 11.1. The highest BCUT2D eigenvalue weighted by Gasteiger charge is 2.34. The van der Waals surface area contributed by atoms with Gasteiger partial charge >= 0.3 is 6.18 Å². The lowest BCUT2D eigenvalue weighted by atomic mass is 10.0. The van der Waals surface area contributed by atoms with Crippen LogP contribution in [0.15, 0.2) is 60.9 Å². The number of carbonyl (C=O) groups is 1. The lowest BCUT2D eigenvalue weighted by Crippen LogP contribution is -2.44. The summed E-state index contributed by atoms with van der Waals surface area (Å²) in [6.07, 6.45) is -0.894. The van der Waals surface area contributed by atoms with Crippen LogP contribution in [0.1, 0.15) is 63.6 Å². The van der Waals surface area contributed by atoms with Crippen LogP contribution < -0.4 is 5.32 Å². The Kier molecular flexibility index (Phi) is 8.39. The van der Waals surface area contributed by atoms with E-state index in [4.69, 9.17) is 0 Å². The van der Waals surface area contributed by atoms with E-state index in [1.54, 1.807) is 24.4 Å². The molecule has 2 aromatic heterocycles. The molecular formula is C33H34F3N5O. The first kappa shape index (κ1) is 29.4. The van der Waals surface area contributed by atoms with E-state index in [0.29, 0.717) is 30.1 Å². The molecule has 0 bridgehead atoms. The van der Waals surface area contributed by atoms with Gasteiger partial charge in [-0.1, -0.05) is 38.0 Å². The smallest absolute Gasteiger partial charge is 0.322 e. The SMILES string of the molecule is Cc1ccc(C(=O)Nc2ccc(CN3CCN(C)CC3)c(C(F)(F)F)c2)cc1C#Cc1cnc2c(C(C)C)cccn12. The summed E-state index contributed by atoms with van der Waals surface area (Å²) < 4.78 is 43.9. The van der Waals surface area contributed by atoms with Crippen molar-refractivity contribution in [1.29, 1.82) is 0 Å². The lowest BCUT2D eigenvalue weighted by Gasteiger charge is -2.33. The predicted molar refractivity (Wildman–Crippen MR) is 159 cm³/mol. The molecule has 1 aliphatic rings. The van der Waals surface area contributed by atoms with Crippen LogP contribution in [0.25, 0.3) is 5.65 Å². The van der Waals surface area contributed by atoms with Crippen molar-refractivity contribution in [3.63, 3.8) is 0 Å². The molecule has 6 nitrogen and oxygen atoms in total. The van der Waals surface area contributed by atoms with Crippen LogP contribution in [0, 0.1) is 18.8 Å². The fourth-order valence-corrected chi connectivity index (χ4v) is 5.11. The van der Waals surface area contributed by atoms with Gasteiger partial charge in [0.15, 0.2) is 0 Å². The average molecular weight is 574 g/mol. The van der Waals surface area contributed by atoms with Gasteiger partial charge in [0.25, 0.3) is 5.91 Å². The van der Waals surface area contributed by atoms with Crippen molar-refractivity contribution in [2.24, 2.45) is 0 Å². The van der Waals surface area contributed by atoms with Gasteiger partial charge in [-0.05, 0) is 72.8 Å². The monoisotopic (exact) mass is 573 g/mol. The first-order valence-electron chi connectivity index (χ1n) is 14.0. The molecule has 0 spiro atoms. The number of likely N-dealkylation sites (N-methyl/N-ethyl adjacent to an activating group) is 1. The summed E-state index contributed by atoms with van der Waals surface area (Å²) in [4.78, 5) is 21.8. The molecule has 218 valence electrons. The van der Waals surface area contributed by atoms with Gasteiger partial charge in [-0.2, -0.15) is 13.2 Å². The van der Waals surface area contributed by atoms with Gasteiger partial charge in [-0.3, -0.25) is 14.1 Å². The van der Waals surface area contributed by atoms with Crippen molar-refractivity contribution in [1.82, 2.24) is 19.2 Å². The molecule has 1 saturated heterocycles. The molecule has 0 unspecified atom stereocenters. The molecule has 4 aromatic rings. The van der Waals surface area contributed by atoms with Gasteiger partial charge in [-0.15, -0.1) is 0 Å². The Morgan fingerprint density at radius 3 is 2.52 bits per heavy atom. The number of aryl methyl sites for hydroxylation is 1. The average Bonchev–Trinajstić information content (AvgIpc) is 3.37. The Bertz CT molecular complexity index is 1670. The van der Waals surface area contributed by atoms with Crippen LogP contribution in [-0.4, -0.2) is 58.3 Å². The zero-order chi connectivity index (χ0) is 30.0. The Morgan fingerprint density at radius 1 is 1.05 bits per heavy atom. The molecule has 1 fully saturated rings. The number of amides is 1. The molecule has 42 heavy (non-hydrogen) atoms. The van der Waals surface area contributed by atoms with Gasteiger partial charge in [0.1, 0.15) is 11.3 Å². The van der Waals surface area contributed by atoms with Gasteiger partial charge in [0.2, 0.25) is 0 Å². The normalized spacial score (nSPS) is 14.7. The van der Waals surface area contributed by atoms with E-state index in [1.807, 2.05) is 35.5 Å². The van der Waals surface area contributed by atoms with Crippen molar-refractivity contribution in [3.8, 4) is 11.8 Å². The number of pyridine rings is 1. The summed E-state index contributed by atoms with van der Waals surface area (Å²) in [5, 5.41) is 2.64. The van der Waals surface area contributed by atoms with Crippen LogP contribution in [0.3, 0.4) is 0 Å². The van der Waals surface area contributed by atoms with E-state index in [9.17, 15) is 18.0 Å². The highest BCUT2D eigenvalue weighted by atomic mass is 19.4. The first-order valence-corrected chi connectivity index (χ1v) is 14.0. The maximum atomic E-state index is 14.0. The van der Waals surface area contributed by atoms with Crippen molar-refractivity contribution >= 4 is 17.2 Å². The molecular weight excluding hydrogens is 539 g/mol. The number of alkyl halides is 3. The van der Waals surface area contributed by atoms with Gasteiger partial charge in [0, 0.05) is 55.7 Å². The number of hydrogen-bond acceptors (Lipinski definition) is 4. The van der Waals surface area contributed by atoms with Crippen LogP contribution in [0.2, 0.25) is 0 Å². The number of fused-ring (bicyclic) bond motifs is 1. The topological polar surface area (TPSA) is 52.9 Å². The number of rotatable bonds is 5. The Hall–Kier alpha value is -4.13. The molecule has 0 atom stereocenters. The Labute approximate surface area is 244 Å². The largest absolute Gasteiger partial charge is 0.416 e. The van der Waals surface area contributed by atoms with Crippen LogP contribution in [-0.2, 0) is 12.7 Å². The summed E-state index contributed by atoms with van der Waals surface area (Å²) in [6.45, 7) is 9.38. The number of carbonyl (C=O) groups excluding carboxylic acids is 1. The number of nitrogens with one attached hydrogen (secondary N) is 1. The van der Waals surface area contributed by atoms with Crippen LogP contribution in [0.4, 0.5) is 18.9 Å². The van der Waals surface area contributed by atoms with E-state index >= 15 is 0 Å². The van der Waals surface area contributed by atoms with E-state index in [-0.39, 0.29) is 17.8 Å². The summed E-state index contributed by atoms with van der Waals surface area (Å²) >= 11 is 0. The lowest BCUT2D eigenvalue weighted by molar-refractivity contribution is -0.138. The number of imidazole rings is 1. The van der Waals surface area contributed by atoms with Crippen molar-refractivity contribution in [2.75, 3.05) is 38.5 Å². The summed E-state index contributed by atoms with van der Waals surface area (Å²) in [5.74, 6) is 6.12. The van der Waals surface area contributed by atoms with E-state index in [2.05, 4.69) is 47.0 Å². The molecule has 0 saturated carbocycles. The molecule has 3 heterocycles. The van der Waals surface area contributed by atoms with Crippen LogP contribution in [0.5, 0.6) is 0 Å². The third kappa shape index (κ3) is 6.51. The fourth-order valence-electron chi connectivity index (χ4n) is 5.11. The van der Waals surface area contributed by atoms with Crippen molar-refractivity contribution in [3.05, 3.63) is 100.0 Å². The number of piperazine rings is 1. The minimum atomic E-state index is -4.54. The second kappa shape index (κ2) is 12.0. The van der Waals surface area contributed by atoms with Crippen molar-refractivity contribution in [2.45, 2.75) is 39.4 Å². The number of halogens is 3. The van der Waals surface area contributed by atoms with Gasteiger partial charge < -0.3 is 10.2 Å².